The largest absolute Gasteiger partial charge is 0.417 e. The van der Waals surface area contributed by atoms with Crippen LogP contribution in [0, 0.1) is 0 Å². The Kier molecular flexibility index (Phi) is 7.40. The second-order valence-corrected chi connectivity index (χ2v) is 11.6. The van der Waals surface area contributed by atoms with Crippen LogP contribution in [0.1, 0.15) is 28.8 Å². The molecule has 0 radical (unpaired) electrons. The molecule has 0 aliphatic carbocycles. The minimum absolute atomic E-state index is 0.0550. The lowest BCUT2D eigenvalue weighted by Gasteiger charge is -2.29. The first-order valence-corrected chi connectivity index (χ1v) is 14.9. The summed E-state index contributed by atoms with van der Waals surface area (Å²) >= 11 is 0. The minimum atomic E-state index is -4.72. The number of nitrogens with zero attached hydrogens (tertiary/aromatic N) is 4. The molecule has 46 heavy (non-hydrogen) atoms. The Bertz CT molecular complexity index is 2130. The van der Waals surface area contributed by atoms with E-state index in [1.165, 1.54) is 34.9 Å². The molecule has 4 heterocycles. The molecular formula is C35H29F3N6O2. The number of aromatic nitrogens is 4. The molecule has 1 aliphatic rings. The van der Waals surface area contributed by atoms with Crippen molar-refractivity contribution in [2.45, 2.75) is 25.1 Å². The van der Waals surface area contributed by atoms with Gasteiger partial charge in [-0.2, -0.15) is 18.3 Å². The first kappa shape index (κ1) is 29.4. The molecule has 0 unspecified atom stereocenters. The lowest BCUT2D eigenvalue weighted by atomic mass is 9.97. The van der Waals surface area contributed by atoms with Gasteiger partial charge in [0, 0.05) is 52.1 Å². The Morgan fingerprint density at radius 3 is 2.39 bits per heavy atom. The average Bonchev–Trinajstić information content (AvgIpc) is 3.60. The Morgan fingerprint density at radius 1 is 0.913 bits per heavy atom. The summed E-state index contributed by atoms with van der Waals surface area (Å²) in [5.41, 5.74) is 2.00. The summed E-state index contributed by atoms with van der Waals surface area (Å²) in [5.74, 6) is -0.250. The zero-order valence-corrected chi connectivity index (χ0v) is 24.8. The molecule has 3 aromatic carbocycles. The van der Waals surface area contributed by atoms with E-state index in [1.54, 1.807) is 42.9 Å². The van der Waals surface area contributed by atoms with Gasteiger partial charge >= 0.3 is 6.18 Å². The van der Waals surface area contributed by atoms with Crippen LogP contribution in [0.3, 0.4) is 0 Å². The monoisotopic (exact) mass is 622 g/mol. The van der Waals surface area contributed by atoms with Crippen LogP contribution in [0.25, 0.3) is 49.7 Å². The predicted octanol–water partition coefficient (Wildman–Crippen LogP) is 6.44. The smallest absolute Gasteiger partial charge is 0.349 e. The Labute approximate surface area is 261 Å². The molecule has 1 saturated heterocycles. The quantitative estimate of drug-likeness (QED) is 0.216. The van der Waals surface area contributed by atoms with Crippen LogP contribution < -0.4 is 10.9 Å². The van der Waals surface area contributed by atoms with Gasteiger partial charge in [0.1, 0.15) is 0 Å². The number of alkyl halides is 3. The molecule has 7 rings (SSSR count). The predicted molar refractivity (Wildman–Crippen MR) is 171 cm³/mol. The van der Waals surface area contributed by atoms with E-state index in [4.69, 9.17) is 0 Å². The molecule has 232 valence electrons. The van der Waals surface area contributed by atoms with Gasteiger partial charge in [0.25, 0.3) is 11.5 Å². The van der Waals surface area contributed by atoms with Crippen molar-refractivity contribution in [1.82, 2.24) is 30.0 Å². The highest BCUT2D eigenvalue weighted by atomic mass is 19.4. The van der Waals surface area contributed by atoms with E-state index in [-0.39, 0.29) is 23.2 Å². The molecule has 0 saturated carbocycles. The third-order valence-electron chi connectivity index (χ3n) is 8.63. The van der Waals surface area contributed by atoms with E-state index in [0.29, 0.717) is 32.9 Å². The number of halogens is 3. The summed E-state index contributed by atoms with van der Waals surface area (Å²) in [4.78, 5) is 32.9. The molecule has 3 aromatic heterocycles. The minimum Gasteiger partial charge on any atom is -0.349 e. The number of amides is 1. The van der Waals surface area contributed by atoms with Gasteiger partial charge in [0.05, 0.1) is 22.8 Å². The number of H-pyrrole nitrogens is 1. The van der Waals surface area contributed by atoms with Crippen LogP contribution in [-0.4, -0.2) is 56.7 Å². The van der Waals surface area contributed by atoms with Gasteiger partial charge < -0.3 is 10.2 Å². The van der Waals surface area contributed by atoms with Gasteiger partial charge in [0.2, 0.25) is 0 Å². The molecule has 0 spiro atoms. The number of pyridine rings is 2. The Hall–Kier alpha value is -5.29. The van der Waals surface area contributed by atoms with E-state index in [0.717, 1.165) is 43.1 Å². The van der Waals surface area contributed by atoms with Crippen molar-refractivity contribution in [1.29, 1.82) is 0 Å². The highest BCUT2D eigenvalue weighted by molar-refractivity contribution is 6.05. The van der Waals surface area contributed by atoms with Crippen molar-refractivity contribution in [2.75, 3.05) is 20.1 Å². The third kappa shape index (κ3) is 5.54. The maximum Gasteiger partial charge on any atom is 0.417 e. The lowest BCUT2D eigenvalue weighted by Crippen LogP contribution is -2.43. The van der Waals surface area contributed by atoms with E-state index < -0.39 is 17.3 Å². The highest BCUT2D eigenvalue weighted by Crippen LogP contribution is 2.39. The SMILES string of the molecule is CN1CCC(NC(=O)c2ccc(-c3ccc(-n4c(=O)ccc5cnc6ccc(-c7cn[nH]c7)cc6c54)cc3C(F)(F)F)cc2)CC1. The maximum atomic E-state index is 14.6. The molecule has 11 heteroatoms. The number of hydrogen-bond donors (Lipinski definition) is 2. The first-order chi connectivity index (χ1) is 22.2. The molecule has 0 bridgehead atoms. The van der Waals surface area contributed by atoms with Crippen molar-refractivity contribution in [2.24, 2.45) is 0 Å². The second-order valence-electron chi connectivity index (χ2n) is 11.6. The summed E-state index contributed by atoms with van der Waals surface area (Å²) in [7, 11) is 2.04. The summed E-state index contributed by atoms with van der Waals surface area (Å²) in [6.07, 6.45) is 1.97. The molecule has 8 nitrogen and oxygen atoms in total. The zero-order valence-electron chi connectivity index (χ0n) is 24.8. The van der Waals surface area contributed by atoms with Crippen LogP contribution >= 0.6 is 0 Å². The van der Waals surface area contributed by atoms with E-state index >= 15 is 0 Å². The number of piperidine rings is 1. The van der Waals surface area contributed by atoms with Crippen molar-refractivity contribution < 1.29 is 18.0 Å². The van der Waals surface area contributed by atoms with Crippen LogP contribution in [0.4, 0.5) is 13.2 Å². The van der Waals surface area contributed by atoms with Gasteiger partial charge in [0.15, 0.2) is 0 Å². The van der Waals surface area contributed by atoms with Gasteiger partial charge in [-0.05, 0) is 92.1 Å². The van der Waals surface area contributed by atoms with E-state index in [2.05, 4.69) is 25.4 Å². The number of aromatic amines is 1. The Balaban J connectivity index is 1.29. The van der Waals surface area contributed by atoms with E-state index in [1.807, 2.05) is 19.2 Å². The fourth-order valence-corrected chi connectivity index (χ4v) is 6.14. The van der Waals surface area contributed by atoms with Crippen LogP contribution in [0.2, 0.25) is 0 Å². The molecule has 0 atom stereocenters. The number of nitrogens with one attached hydrogen (secondary N) is 2. The molecule has 2 N–H and O–H groups in total. The molecule has 6 aromatic rings. The van der Waals surface area contributed by atoms with Crippen molar-refractivity contribution in [3.05, 3.63) is 113 Å². The van der Waals surface area contributed by atoms with Gasteiger partial charge in [-0.3, -0.25) is 24.2 Å². The third-order valence-corrected chi connectivity index (χ3v) is 8.63. The van der Waals surface area contributed by atoms with Crippen molar-refractivity contribution >= 4 is 27.7 Å². The number of fused-ring (bicyclic) bond motifs is 3. The molecule has 1 fully saturated rings. The van der Waals surface area contributed by atoms with E-state index in [9.17, 15) is 22.8 Å². The molecule has 1 amide bonds. The number of carbonyl (C=O) groups excluding carboxylic acids is 1. The number of rotatable bonds is 5. The summed E-state index contributed by atoms with van der Waals surface area (Å²) in [6, 6.07) is 18.6. The summed E-state index contributed by atoms with van der Waals surface area (Å²) in [6.45, 7) is 1.79. The summed E-state index contributed by atoms with van der Waals surface area (Å²) < 4.78 is 45.2. The number of likely N-dealkylation sites (tertiary alicyclic amines) is 1. The topological polar surface area (TPSA) is 95.9 Å². The molecule has 1 aliphatic heterocycles. The van der Waals surface area contributed by atoms with Crippen LogP contribution in [-0.2, 0) is 6.18 Å². The molecular weight excluding hydrogens is 593 g/mol. The summed E-state index contributed by atoms with van der Waals surface area (Å²) in [5, 5.41) is 11.0. The maximum absolute atomic E-state index is 14.6. The lowest BCUT2D eigenvalue weighted by molar-refractivity contribution is -0.137. The van der Waals surface area contributed by atoms with Gasteiger partial charge in [-0.25, -0.2) is 0 Å². The number of hydrogen-bond acceptors (Lipinski definition) is 5. The van der Waals surface area contributed by atoms with Gasteiger partial charge in [-0.1, -0.05) is 24.3 Å². The van der Waals surface area contributed by atoms with Crippen molar-refractivity contribution in [3.8, 4) is 27.9 Å². The van der Waals surface area contributed by atoms with Crippen molar-refractivity contribution in [3.63, 3.8) is 0 Å². The first-order valence-electron chi connectivity index (χ1n) is 14.9. The number of carbonyl (C=O) groups is 1. The fraction of sp³-hybridized carbons (Fsp3) is 0.200. The standard InChI is InChI=1S/C35H29F3N6O2/c1-43-14-12-26(13-15-43)42-34(46)22-4-2-21(3-5-22)28-9-8-27(17-30(28)35(36,37)38)44-32(45)11-7-24-18-39-31-10-6-23(16-29(31)33(24)44)25-19-40-41-20-25/h2-11,16-20,26H,12-15H2,1H3,(H,40,41)(H,42,46). The fourth-order valence-electron chi connectivity index (χ4n) is 6.14. The van der Waals surface area contributed by atoms with Gasteiger partial charge in [-0.15, -0.1) is 0 Å². The number of benzene rings is 3. The highest BCUT2D eigenvalue weighted by Gasteiger charge is 2.34. The normalized spacial score (nSPS) is 14.6. The Morgan fingerprint density at radius 2 is 1.67 bits per heavy atom. The second kappa shape index (κ2) is 11.6. The van der Waals surface area contributed by atoms with Crippen LogP contribution in [0.5, 0.6) is 0 Å². The van der Waals surface area contributed by atoms with Crippen LogP contribution in [0.15, 0.2) is 96.2 Å². The zero-order chi connectivity index (χ0) is 32.0. The average molecular weight is 623 g/mol.